The van der Waals surface area contributed by atoms with Gasteiger partial charge < -0.3 is 4.90 Å². The molecule has 0 aliphatic carbocycles. The Morgan fingerprint density at radius 2 is 1.67 bits per heavy atom. The second-order valence-corrected chi connectivity index (χ2v) is 6.10. The predicted octanol–water partition coefficient (Wildman–Crippen LogP) is 3.59. The van der Waals surface area contributed by atoms with E-state index in [1.807, 2.05) is 18.7 Å². The minimum atomic E-state index is 0.529. The van der Waals surface area contributed by atoms with Crippen LogP contribution in [-0.4, -0.2) is 22.9 Å². The van der Waals surface area contributed by atoms with E-state index in [0.717, 1.165) is 18.8 Å². The highest BCUT2D eigenvalue weighted by Crippen LogP contribution is 2.26. The first-order chi connectivity index (χ1) is 8.36. The lowest BCUT2D eigenvalue weighted by atomic mass is 10.1. The average Bonchev–Trinajstić information content (AvgIpc) is 2.50. The fraction of sp³-hybridized carbons (Fsp3) is 0.786. The van der Waals surface area contributed by atoms with Gasteiger partial charge in [0.1, 0.15) is 5.82 Å². The molecule has 0 saturated heterocycles. The Labute approximate surface area is 116 Å². The van der Waals surface area contributed by atoms with Crippen molar-refractivity contribution in [2.45, 2.75) is 40.5 Å². The van der Waals surface area contributed by atoms with Gasteiger partial charge in [-0.1, -0.05) is 27.7 Å². The summed E-state index contributed by atoms with van der Waals surface area (Å²) in [6.45, 7) is 13.1. The zero-order valence-corrected chi connectivity index (χ0v) is 13.3. The summed E-state index contributed by atoms with van der Waals surface area (Å²) in [5.74, 6) is 2.97. The summed E-state index contributed by atoms with van der Waals surface area (Å²) in [5, 5.41) is 4.51. The molecule has 0 N–H and O–H groups in total. The van der Waals surface area contributed by atoms with E-state index in [9.17, 15) is 0 Å². The van der Waals surface area contributed by atoms with Gasteiger partial charge in [0.25, 0.3) is 0 Å². The van der Waals surface area contributed by atoms with Crippen LogP contribution in [-0.2, 0) is 12.9 Å². The van der Waals surface area contributed by atoms with Crippen molar-refractivity contribution in [2.75, 3.05) is 18.0 Å². The predicted molar refractivity (Wildman–Crippen MR) is 79.4 cm³/mol. The third kappa shape index (κ3) is 3.64. The summed E-state index contributed by atoms with van der Waals surface area (Å²) in [5.41, 5.74) is 2.21. The van der Waals surface area contributed by atoms with E-state index in [4.69, 9.17) is 11.6 Å². The Kier molecular flexibility index (Phi) is 5.51. The second kappa shape index (κ2) is 6.46. The average molecular weight is 272 g/mol. The fourth-order valence-corrected chi connectivity index (χ4v) is 2.68. The van der Waals surface area contributed by atoms with Gasteiger partial charge in [-0.2, -0.15) is 5.10 Å². The topological polar surface area (TPSA) is 21.1 Å². The molecule has 1 aromatic rings. The molecule has 0 atom stereocenters. The van der Waals surface area contributed by atoms with Crippen LogP contribution in [0.25, 0.3) is 0 Å². The molecule has 0 aliphatic rings. The first-order valence-corrected chi connectivity index (χ1v) is 7.23. The van der Waals surface area contributed by atoms with Crippen LogP contribution in [0.1, 0.15) is 39.0 Å². The van der Waals surface area contributed by atoms with Gasteiger partial charge in [0, 0.05) is 25.7 Å². The van der Waals surface area contributed by atoms with E-state index in [0.29, 0.717) is 17.7 Å². The summed E-state index contributed by atoms with van der Waals surface area (Å²) in [7, 11) is 2.01. The molecule has 18 heavy (non-hydrogen) atoms. The molecule has 1 aromatic heterocycles. The van der Waals surface area contributed by atoms with Crippen molar-refractivity contribution in [3.8, 4) is 0 Å². The third-order valence-electron chi connectivity index (χ3n) is 2.92. The number of halogens is 1. The summed E-state index contributed by atoms with van der Waals surface area (Å²) in [6.07, 6.45) is 0. The van der Waals surface area contributed by atoms with Gasteiger partial charge in [-0.25, -0.2) is 0 Å². The number of aryl methyl sites for hydroxylation is 2. The van der Waals surface area contributed by atoms with Crippen molar-refractivity contribution >= 4 is 17.4 Å². The smallest absolute Gasteiger partial charge is 0.131 e. The molecule has 3 nitrogen and oxygen atoms in total. The molecule has 0 aliphatic heterocycles. The van der Waals surface area contributed by atoms with Crippen molar-refractivity contribution in [1.82, 2.24) is 9.78 Å². The summed E-state index contributed by atoms with van der Waals surface area (Å²) in [6, 6.07) is 0. The van der Waals surface area contributed by atoms with Crippen molar-refractivity contribution in [3.63, 3.8) is 0 Å². The minimum Gasteiger partial charge on any atom is -0.356 e. The van der Waals surface area contributed by atoms with Gasteiger partial charge in [-0.15, -0.1) is 11.6 Å². The molecule has 0 saturated carbocycles. The van der Waals surface area contributed by atoms with Crippen LogP contribution in [0.2, 0.25) is 0 Å². The maximum atomic E-state index is 6.09. The molecule has 0 aromatic carbocycles. The SMILES string of the molecule is Cc1nn(C)c(N(CC(C)C)CC(C)C)c1CCl. The van der Waals surface area contributed by atoms with Gasteiger partial charge in [-0.05, 0) is 18.8 Å². The normalized spacial score (nSPS) is 11.6. The van der Waals surface area contributed by atoms with E-state index in [2.05, 4.69) is 37.7 Å². The highest BCUT2D eigenvalue weighted by atomic mass is 35.5. The van der Waals surface area contributed by atoms with E-state index >= 15 is 0 Å². The molecule has 1 heterocycles. The van der Waals surface area contributed by atoms with Crippen molar-refractivity contribution in [1.29, 1.82) is 0 Å². The van der Waals surface area contributed by atoms with Crippen LogP contribution in [0.5, 0.6) is 0 Å². The summed E-state index contributed by atoms with van der Waals surface area (Å²) < 4.78 is 1.97. The number of hydrogen-bond donors (Lipinski definition) is 0. The highest BCUT2D eigenvalue weighted by molar-refractivity contribution is 6.17. The van der Waals surface area contributed by atoms with E-state index in [-0.39, 0.29) is 0 Å². The van der Waals surface area contributed by atoms with E-state index < -0.39 is 0 Å². The lowest BCUT2D eigenvalue weighted by Gasteiger charge is -2.29. The van der Waals surface area contributed by atoms with Gasteiger partial charge in [0.2, 0.25) is 0 Å². The maximum absolute atomic E-state index is 6.09. The molecule has 4 heteroatoms. The van der Waals surface area contributed by atoms with Crippen molar-refractivity contribution in [3.05, 3.63) is 11.3 Å². The van der Waals surface area contributed by atoms with Crippen molar-refractivity contribution in [2.24, 2.45) is 18.9 Å². The number of hydrogen-bond acceptors (Lipinski definition) is 2. The standard InChI is InChI=1S/C14H26ClN3/c1-10(2)8-18(9-11(3)4)14-13(7-15)12(5)16-17(14)6/h10-11H,7-9H2,1-6H3. The molecule has 0 amide bonds. The lowest BCUT2D eigenvalue weighted by molar-refractivity contribution is 0.538. The largest absolute Gasteiger partial charge is 0.356 e. The Morgan fingerprint density at radius 3 is 2.06 bits per heavy atom. The fourth-order valence-electron chi connectivity index (χ4n) is 2.37. The monoisotopic (exact) mass is 271 g/mol. The third-order valence-corrected chi connectivity index (χ3v) is 3.18. The van der Waals surface area contributed by atoms with Crippen LogP contribution in [0.4, 0.5) is 5.82 Å². The molecule has 0 bridgehead atoms. The summed E-state index contributed by atoms with van der Waals surface area (Å²) >= 11 is 6.09. The summed E-state index contributed by atoms with van der Waals surface area (Å²) in [4.78, 5) is 2.42. The van der Waals surface area contributed by atoms with Crippen LogP contribution in [0.15, 0.2) is 0 Å². The van der Waals surface area contributed by atoms with Gasteiger partial charge >= 0.3 is 0 Å². The Hall–Kier alpha value is -0.700. The van der Waals surface area contributed by atoms with Crippen LogP contribution < -0.4 is 4.90 Å². The molecular formula is C14H26ClN3. The number of aromatic nitrogens is 2. The van der Waals surface area contributed by atoms with Crippen LogP contribution in [0, 0.1) is 18.8 Å². The van der Waals surface area contributed by atoms with Gasteiger partial charge in [-0.3, -0.25) is 4.68 Å². The maximum Gasteiger partial charge on any atom is 0.131 e. The highest BCUT2D eigenvalue weighted by Gasteiger charge is 2.20. The molecular weight excluding hydrogens is 246 g/mol. The van der Waals surface area contributed by atoms with Crippen LogP contribution in [0.3, 0.4) is 0 Å². The number of nitrogens with zero attached hydrogens (tertiary/aromatic N) is 3. The van der Waals surface area contributed by atoms with Gasteiger partial charge in [0.05, 0.1) is 11.6 Å². The van der Waals surface area contributed by atoms with Crippen molar-refractivity contribution < 1.29 is 0 Å². The molecule has 104 valence electrons. The molecule has 1 rings (SSSR count). The number of anilines is 1. The van der Waals surface area contributed by atoms with E-state index in [1.165, 1.54) is 11.4 Å². The van der Waals surface area contributed by atoms with Gasteiger partial charge in [0.15, 0.2) is 0 Å². The molecule has 0 fully saturated rings. The molecule has 0 spiro atoms. The molecule has 0 radical (unpaired) electrons. The van der Waals surface area contributed by atoms with E-state index in [1.54, 1.807) is 0 Å². The first kappa shape index (κ1) is 15.4. The Morgan fingerprint density at radius 1 is 1.17 bits per heavy atom. The minimum absolute atomic E-state index is 0.529. The Bertz CT molecular complexity index is 373. The first-order valence-electron chi connectivity index (χ1n) is 6.70. The zero-order chi connectivity index (χ0) is 13.9. The Balaban J connectivity index is 3.10. The zero-order valence-electron chi connectivity index (χ0n) is 12.5. The second-order valence-electron chi connectivity index (χ2n) is 5.84. The molecule has 0 unspecified atom stereocenters. The van der Waals surface area contributed by atoms with Crippen LogP contribution >= 0.6 is 11.6 Å². The quantitative estimate of drug-likeness (QED) is 0.738. The lowest BCUT2D eigenvalue weighted by Crippen LogP contribution is -2.33. The number of alkyl halides is 1. The number of rotatable bonds is 6.